The lowest BCUT2D eigenvalue weighted by Crippen LogP contribution is -2.43. The molecule has 0 aliphatic heterocycles. The van der Waals surface area contributed by atoms with Gasteiger partial charge >= 0.3 is 12.1 Å². The van der Waals surface area contributed by atoms with Crippen molar-refractivity contribution in [3.63, 3.8) is 0 Å². The average Bonchev–Trinajstić information content (AvgIpc) is 2.34. The summed E-state index contributed by atoms with van der Waals surface area (Å²) in [7, 11) is 0. The van der Waals surface area contributed by atoms with E-state index in [9.17, 15) is 22.8 Å². The van der Waals surface area contributed by atoms with Gasteiger partial charge in [0.1, 0.15) is 5.69 Å². The van der Waals surface area contributed by atoms with Gasteiger partial charge < -0.3 is 15.5 Å². The van der Waals surface area contributed by atoms with Crippen molar-refractivity contribution < 1.29 is 33.0 Å². The van der Waals surface area contributed by atoms with Crippen LogP contribution < -0.4 is 5.32 Å². The van der Waals surface area contributed by atoms with Crippen LogP contribution in [0.5, 0.6) is 0 Å². The minimum absolute atomic E-state index is 0.243. The molecule has 1 atom stereocenters. The van der Waals surface area contributed by atoms with Crippen LogP contribution in [0.25, 0.3) is 0 Å². The lowest BCUT2D eigenvalue weighted by molar-refractivity contribution is -0.141. The monoisotopic (exact) mass is 278 g/mol. The van der Waals surface area contributed by atoms with E-state index in [4.69, 9.17) is 10.2 Å². The maximum absolute atomic E-state index is 12.2. The molecule has 0 saturated heterocycles. The Morgan fingerprint density at radius 3 is 2.37 bits per heavy atom. The molecule has 0 radical (unpaired) electrons. The molecule has 0 aliphatic carbocycles. The molecule has 1 aromatic heterocycles. The van der Waals surface area contributed by atoms with Crippen molar-refractivity contribution in [3.8, 4) is 0 Å². The van der Waals surface area contributed by atoms with Gasteiger partial charge in [-0.25, -0.2) is 4.79 Å². The van der Waals surface area contributed by atoms with Crippen LogP contribution in [0, 0.1) is 0 Å². The van der Waals surface area contributed by atoms with Crippen LogP contribution in [0.1, 0.15) is 16.1 Å². The number of aromatic nitrogens is 1. The first-order valence-corrected chi connectivity index (χ1v) is 4.93. The predicted molar refractivity (Wildman–Crippen MR) is 55.2 cm³/mol. The fourth-order valence-electron chi connectivity index (χ4n) is 1.12. The number of aliphatic carboxylic acids is 1. The van der Waals surface area contributed by atoms with Gasteiger partial charge in [-0.2, -0.15) is 13.2 Å². The molecule has 1 heterocycles. The summed E-state index contributed by atoms with van der Waals surface area (Å²) in [5.74, 6) is -2.40. The molecule has 1 rings (SSSR count). The molecular weight excluding hydrogens is 269 g/mol. The standard InChI is InChI=1S/C10H9F3N2O4/c11-10(12,13)7-2-1-5(3-14-7)8(17)15-6(4-16)9(18)19/h1-3,6,16H,4H2,(H,15,17)(H,18,19). The van der Waals surface area contributed by atoms with E-state index in [1.807, 2.05) is 5.32 Å². The molecule has 1 unspecified atom stereocenters. The van der Waals surface area contributed by atoms with Gasteiger partial charge in [0.05, 0.1) is 12.2 Å². The second kappa shape index (κ2) is 5.65. The van der Waals surface area contributed by atoms with Crippen LogP contribution in [0.2, 0.25) is 0 Å². The highest BCUT2D eigenvalue weighted by atomic mass is 19.4. The van der Waals surface area contributed by atoms with E-state index in [1.165, 1.54) is 0 Å². The number of pyridine rings is 1. The summed E-state index contributed by atoms with van der Waals surface area (Å²) in [5.41, 5.74) is -1.41. The topological polar surface area (TPSA) is 99.5 Å². The van der Waals surface area contributed by atoms with E-state index in [0.29, 0.717) is 12.3 Å². The molecular formula is C10H9F3N2O4. The SMILES string of the molecule is O=C(NC(CO)C(=O)O)c1ccc(C(F)(F)F)nc1. The van der Waals surface area contributed by atoms with Crippen molar-refractivity contribution in [1.82, 2.24) is 10.3 Å². The minimum atomic E-state index is -4.62. The van der Waals surface area contributed by atoms with E-state index in [-0.39, 0.29) is 5.56 Å². The number of aliphatic hydroxyl groups is 1. The summed E-state index contributed by atoms with van der Waals surface area (Å²) in [5, 5.41) is 19.2. The molecule has 0 aromatic carbocycles. The first kappa shape index (κ1) is 14.9. The number of nitrogens with zero attached hydrogens (tertiary/aromatic N) is 1. The smallest absolute Gasteiger partial charge is 0.433 e. The minimum Gasteiger partial charge on any atom is -0.480 e. The van der Waals surface area contributed by atoms with E-state index < -0.39 is 36.4 Å². The van der Waals surface area contributed by atoms with Crippen LogP contribution in [0.15, 0.2) is 18.3 Å². The third kappa shape index (κ3) is 3.91. The number of carboxylic acid groups (broad SMARTS) is 1. The van der Waals surface area contributed by atoms with Crippen LogP contribution in [-0.4, -0.2) is 39.7 Å². The molecule has 0 aliphatic rings. The van der Waals surface area contributed by atoms with E-state index in [2.05, 4.69) is 4.98 Å². The van der Waals surface area contributed by atoms with E-state index in [0.717, 1.165) is 6.07 Å². The molecule has 0 spiro atoms. The Balaban J connectivity index is 2.81. The van der Waals surface area contributed by atoms with Gasteiger partial charge in [-0.1, -0.05) is 0 Å². The Hall–Kier alpha value is -2.16. The fraction of sp³-hybridized carbons (Fsp3) is 0.300. The van der Waals surface area contributed by atoms with Crippen molar-refractivity contribution >= 4 is 11.9 Å². The average molecular weight is 278 g/mol. The normalized spacial score (nSPS) is 12.8. The third-order valence-corrected chi connectivity index (χ3v) is 2.10. The molecule has 1 amide bonds. The number of alkyl halides is 3. The first-order valence-electron chi connectivity index (χ1n) is 4.93. The number of nitrogens with one attached hydrogen (secondary N) is 1. The Morgan fingerprint density at radius 1 is 1.37 bits per heavy atom. The number of hydrogen-bond acceptors (Lipinski definition) is 4. The number of rotatable bonds is 4. The summed E-state index contributed by atoms with van der Waals surface area (Å²) in [6.45, 7) is -0.838. The number of hydrogen-bond donors (Lipinski definition) is 3. The quantitative estimate of drug-likeness (QED) is 0.734. The maximum Gasteiger partial charge on any atom is 0.433 e. The van der Waals surface area contributed by atoms with Gasteiger partial charge in [-0.05, 0) is 12.1 Å². The number of carbonyl (C=O) groups is 2. The number of halogens is 3. The highest BCUT2D eigenvalue weighted by Crippen LogP contribution is 2.27. The first-order chi connectivity index (χ1) is 8.75. The Bertz CT molecular complexity index is 473. The summed E-state index contributed by atoms with van der Waals surface area (Å²) in [4.78, 5) is 25.1. The highest BCUT2D eigenvalue weighted by molar-refractivity contribution is 5.96. The van der Waals surface area contributed by atoms with Crippen LogP contribution in [-0.2, 0) is 11.0 Å². The highest BCUT2D eigenvalue weighted by Gasteiger charge is 2.32. The van der Waals surface area contributed by atoms with Gasteiger partial charge in [-0.15, -0.1) is 0 Å². The second-order valence-corrected chi connectivity index (χ2v) is 3.48. The molecule has 3 N–H and O–H groups in total. The number of amides is 1. The Morgan fingerprint density at radius 2 is 2.00 bits per heavy atom. The summed E-state index contributed by atoms with van der Waals surface area (Å²) in [6.07, 6.45) is -3.95. The number of carbonyl (C=O) groups excluding carboxylic acids is 1. The molecule has 0 fully saturated rings. The van der Waals surface area contributed by atoms with Crippen molar-refractivity contribution in [3.05, 3.63) is 29.6 Å². The predicted octanol–water partition coefficient (Wildman–Crippen LogP) is 0.276. The zero-order valence-electron chi connectivity index (χ0n) is 9.31. The van der Waals surface area contributed by atoms with Gasteiger partial charge in [0.15, 0.2) is 6.04 Å². The van der Waals surface area contributed by atoms with Gasteiger partial charge in [0, 0.05) is 6.20 Å². The van der Waals surface area contributed by atoms with Gasteiger partial charge in [0.2, 0.25) is 0 Å². The number of aliphatic hydroxyl groups excluding tert-OH is 1. The van der Waals surface area contributed by atoms with Crippen molar-refractivity contribution in [2.45, 2.75) is 12.2 Å². The molecule has 0 saturated carbocycles. The van der Waals surface area contributed by atoms with Crippen molar-refractivity contribution in [2.75, 3.05) is 6.61 Å². The zero-order chi connectivity index (χ0) is 14.6. The fourth-order valence-corrected chi connectivity index (χ4v) is 1.12. The number of carboxylic acids is 1. The lowest BCUT2D eigenvalue weighted by atomic mass is 10.2. The lowest BCUT2D eigenvalue weighted by Gasteiger charge is -2.11. The molecule has 9 heteroatoms. The largest absolute Gasteiger partial charge is 0.480 e. The Labute approximate surface area is 104 Å². The zero-order valence-corrected chi connectivity index (χ0v) is 9.31. The molecule has 104 valence electrons. The second-order valence-electron chi connectivity index (χ2n) is 3.48. The maximum atomic E-state index is 12.2. The third-order valence-electron chi connectivity index (χ3n) is 2.10. The molecule has 6 nitrogen and oxygen atoms in total. The van der Waals surface area contributed by atoms with Crippen LogP contribution >= 0.6 is 0 Å². The van der Waals surface area contributed by atoms with Gasteiger partial charge in [0.25, 0.3) is 5.91 Å². The molecule has 19 heavy (non-hydrogen) atoms. The molecule has 0 bridgehead atoms. The summed E-state index contributed by atoms with van der Waals surface area (Å²) < 4.78 is 36.7. The van der Waals surface area contributed by atoms with E-state index >= 15 is 0 Å². The van der Waals surface area contributed by atoms with Crippen molar-refractivity contribution in [1.29, 1.82) is 0 Å². The van der Waals surface area contributed by atoms with E-state index in [1.54, 1.807) is 0 Å². The summed E-state index contributed by atoms with van der Waals surface area (Å²) >= 11 is 0. The van der Waals surface area contributed by atoms with Crippen LogP contribution in [0.3, 0.4) is 0 Å². The van der Waals surface area contributed by atoms with Crippen LogP contribution in [0.4, 0.5) is 13.2 Å². The van der Waals surface area contributed by atoms with Crippen molar-refractivity contribution in [2.24, 2.45) is 0 Å². The van der Waals surface area contributed by atoms with Gasteiger partial charge in [-0.3, -0.25) is 9.78 Å². The summed E-state index contributed by atoms with van der Waals surface area (Å²) in [6, 6.07) is -0.0692. The molecule has 1 aromatic rings. The Kier molecular flexibility index (Phi) is 4.43.